The zero-order valence-electron chi connectivity index (χ0n) is 13.1. The Morgan fingerprint density at radius 1 is 0.826 bits per heavy atom. The number of aromatic nitrogens is 1. The van der Waals surface area contributed by atoms with E-state index in [4.69, 9.17) is 9.40 Å². The first-order valence-electron chi connectivity index (χ1n) is 7.83. The first kappa shape index (κ1) is 12.7. The van der Waals surface area contributed by atoms with E-state index in [0.717, 1.165) is 17.1 Å². The van der Waals surface area contributed by atoms with Gasteiger partial charge in [-0.3, -0.25) is 0 Å². The van der Waals surface area contributed by atoms with Crippen molar-refractivity contribution in [2.75, 3.05) is 0 Å². The molecule has 2 nitrogen and oxygen atoms in total. The van der Waals surface area contributed by atoms with Crippen molar-refractivity contribution in [1.82, 2.24) is 4.98 Å². The molecule has 1 aliphatic carbocycles. The topological polar surface area (TPSA) is 26.0 Å². The first-order chi connectivity index (χ1) is 11.3. The Hall–Kier alpha value is -2.87. The normalized spacial score (nSPS) is 11.9. The molecule has 0 saturated heterocycles. The highest BCUT2D eigenvalue weighted by Crippen LogP contribution is 2.50. The third-order valence-electron chi connectivity index (χ3n) is 4.82. The van der Waals surface area contributed by atoms with Crippen molar-refractivity contribution in [2.45, 2.75) is 13.8 Å². The number of nitrogens with zero attached hydrogens (tertiary/aromatic N) is 1. The van der Waals surface area contributed by atoms with Gasteiger partial charge in [0.05, 0.1) is 6.26 Å². The highest BCUT2D eigenvalue weighted by molar-refractivity contribution is 6.16. The van der Waals surface area contributed by atoms with Gasteiger partial charge >= 0.3 is 0 Å². The Morgan fingerprint density at radius 3 is 2.26 bits per heavy atom. The maximum atomic E-state index is 5.60. The van der Waals surface area contributed by atoms with Crippen molar-refractivity contribution in [3.05, 3.63) is 66.1 Å². The Morgan fingerprint density at radius 2 is 1.57 bits per heavy atom. The lowest BCUT2D eigenvalue weighted by Crippen LogP contribution is -1.96. The van der Waals surface area contributed by atoms with Crippen LogP contribution < -0.4 is 0 Å². The van der Waals surface area contributed by atoms with Crippen LogP contribution in [0.2, 0.25) is 0 Å². The molecule has 1 aliphatic rings. The smallest absolute Gasteiger partial charge is 0.152 e. The zero-order chi connectivity index (χ0) is 15.6. The molecule has 0 atom stereocenters. The van der Waals surface area contributed by atoms with E-state index in [1.54, 1.807) is 6.26 Å². The second-order valence-electron chi connectivity index (χ2n) is 6.11. The standard InChI is InChI=1S/C21H15NO/c1-12-18-15-8-3-6-14-7-4-9-16(20(14)15)19(18)13(2)22-21(12)17-10-5-11-23-17/h3-11H,1-2H3. The number of rotatable bonds is 1. The average Bonchev–Trinajstić information content (AvgIpc) is 3.20. The average molecular weight is 297 g/mol. The van der Waals surface area contributed by atoms with E-state index in [9.17, 15) is 0 Å². The van der Waals surface area contributed by atoms with Crippen LogP contribution >= 0.6 is 0 Å². The Bertz CT molecular complexity index is 1070. The first-order valence-corrected chi connectivity index (χ1v) is 7.83. The molecule has 23 heavy (non-hydrogen) atoms. The maximum Gasteiger partial charge on any atom is 0.152 e. The molecule has 2 heterocycles. The van der Waals surface area contributed by atoms with E-state index in [1.165, 1.54) is 38.6 Å². The molecule has 5 rings (SSSR count). The van der Waals surface area contributed by atoms with Crippen LogP contribution in [-0.4, -0.2) is 4.98 Å². The number of fused-ring (bicyclic) bond motifs is 3. The quantitative estimate of drug-likeness (QED) is 0.393. The number of hydrogen-bond acceptors (Lipinski definition) is 2. The zero-order valence-corrected chi connectivity index (χ0v) is 13.1. The van der Waals surface area contributed by atoms with Gasteiger partial charge in [-0.25, -0.2) is 4.98 Å². The fourth-order valence-electron chi connectivity index (χ4n) is 3.87. The molecule has 2 heteroatoms. The van der Waals surface area contributed by atoms with Gasteiger partial charge in [0, 0.05) is 11.3 Å². The third-order valence-corrected chi connectivity index (χ3v) is 4.82. The summed E-state index contributed by atoms with van der Waals surface area (Å²) >= 11 is 0. The summed E-state index contributed by atoms with van der Waals surface area (Å²) in [6.07, 6.45) is 1.70. The molecular weight excluding hydrogens is 282 g/mol. The Kier molecular flexibility index (Phi) is 2.38. The van der Waals surface area contributed by atoms with Gasteiger partial charge < -0.3 is 4.42 Å². The van der Waals surface area contributed by atoms with Gasteiger partial charge in [-0.15, -0.1) is 0 Å². The van der Waals surface area contributed by atoms with Crippen LogP contribution in [0, 0.1) is 13.8 Å². The molecule has 0 radical (unpaired) electrons. The second-order valence-corrected chi connectivity index (χ2v) is 6.11. The Balaban J connectivity index is 1.95. The summed E-state index contributed by atoms with van der Waals surface area (Å²) < 4.78 is 5.60. The molecule has 0 amide bonds. The molecule has 2 aromatic carbocycles. The van der Waals surface area contributed by atoms with Crippen LogP contribution in [0.5, 0.6) is 0 Å². The number of aryl methyl sites for hydroxylation is 1. The molecule has 0 aliphatic heterocycles. The van der Waals surface area contributed by atoms with Crippen molar-refractivity contribution in [3.63, 3.8) is 0 Å². The van der Waals surface area contributed by atoms with Gasteiger partial charge in [0.15, 0.2) is 5.76 Å². The van der Waals surface area contributed by atoms with Crippen LogP contribution in [0.25, 0.3) is 44.5 Å². The lowest BCUT2D eigenvalue weighted by molar-refractivity contribution is 0.579. The van der Waals surface area contributed by atoms with Crippen LogP contribution in [0.1, 0.15) is 11.3 Å². The van der Waals surface area contributed by atoms with Crippen LogP contribution in [-0.2, 0) is 0 Å². The Labute approximate surface area is 134 Å². The molecule has 4 aromatic rings. The number of pyridine rings is 1. The lowest BCUT2D eigenvalue weighted by atomic mass is 9.96. The van der Waals surface area contributed by atoms with E-state index in [0.29, 0.717) is 0 Å². The van der Waals surface area contributed by atoms with E-state index in [1.807, 2.05) is 12.1 Å². The van der Waals surface area contributed by atoms with E-state index in [-0.39, 0.29) is 0 Å². The molecular formula is C21H15NO. The maximum absolute atomic E-state index is 5.60. The second kappa shape index (κ2) is 4.32. The lowest BCUT2D eigenvalue weighted by Gasteiger charge is -2.12. The van der Waals surface area contributed by atoms with Gasteiger partial charge in [0.1, 0.15) is 5.69 Å². The molecule has 0 N–H and O–H groups in total. The monoisotopic (exact) mass is 297 g/mol. The predicted octanol–water partition coefficient (Wildman–Crippen LogP) is 5.76. The fraction of sp³-hybridized carbons (Fsp3) is 0.0952. The van der Waals surface area contributed by atoms with Gasteiger partial charge in [-0.2, -0.15) is 0 Å². The van der Waals surface area contributed by atoms with Crippen LogP contribution in [0.15, 0.2) is 59.2 Å². The summed E-state index contributed by atoms with van der Waals surface area (Å²) in [6, 6.07) is 16.9. The van der Waals surface area contributed by atoms with E-state index >= 15 is 0 Å². The minimum atomic E-state index is 0.830. The van der Waals surface area contributed by atoms with Crippen LogP contribution in [0.3, 0.4) is 0 Å². The highest BCUT2D eigenvalue weighted by atomic mass is 16.3. The molecule has 0 bridgehead atoms. The van der Waals surface area contributed by atoms with Crippen molar-refractivity contribution in [3.8, 4) is 33.7 Å². The van der Waals surface area contributed by atoms with Crippen LogP contribution in [0.4, 0.5) is 0 Å². The van der Waals surface area contributed by atoms with Gasteiger partial charge in [-0.1, -0.05) is 36.4 Å². The summed E-state index contributed by atoms with van der Waals surface area (Å²) in [5.74, 6) is 0.830. The third kappa shape index (κ3) is 1.55. The SMILES string of the molecule is Cc1nc(-c2ccco2)c(C)c2c1-c1cccc3cccc-2c13. The molecule has 0 fully saturated rings. The summed E-state index contributed by atoms with van der Waals surface area (Å²) in [6.45, 7) is 4.24. The fourth-order valence-corrected chi connectivity index (χ4v) is 3.87. The summed E-state index contributed by atoms with van der Waals surface area (Å²) in [5.41, 5.74) is 8.36. The van der Waals surface area contributed by atoms with Gasteiger partial charge in [-0.05, 0) is 59.0 Å². The van der Waals surface area contributed by atoms with E-state index in [2.05, 4.69) is 50.2 Å². The molecule has 0 unspecified atom stereocenters. The molecule has 2 aromatic heterocycles. The highest BCUT2D eigenvalue weighted by Gasteiger charge is 2.27. The summed E-state index contributed by atoms with van der Waals surface area (Å²) in [5, 5.41) is 2.63. The number of furan rings is 1. The molecule has 110 valence electrons. The minimum Gasteiger partial charge on any atom is -0.463 e. The number of benzene rings is 2. The van der Waals surface area contributed by atoms with Crippen molar-refractivity contribution in [1.29, 1.82) is 0 Å². The van der Waals surface area contributed by atoms with Gasteiger partial charge in [0.2, 0.25) is 0 Å². The van der Waals surface area contributed by atoms with Gasteiger partial charge in [0.25, 0.3) is 0 Å². The van der Waals surface area contributed by atoms with Crippen molar-refractivity contribution in [2.24, 2.45) is 0 Å². The van der Waals surface area contributed by atoms with Crippen molar-refractivity contribution < 1.29 is 4.42 Å². The summed E-state index contributed by atoms with van der Waals surface area (Å²) in [4.78, 5) is 4.86. The minimum absolute atomic E-state index is 0.830. The molecule has 0 spiro atoms. The predicted molar refractivity (Wildman–Crippen MR) is 93.3 cm³/mol. The van der Waals surface area contributed by atoms with E-state index < -0.39 is 0 Å². The summed E-state index contributed by atoms with van der Waals surface area (Å²) in [7, 11) is 0. The molecule has 0 saturated carbocycles. The largest absolute Gasteiger partial charge is 0.463 e. The number of hydrogen-bond donors (Lipinski definition) is 0. The van der Waals surface area contributed by atoms with Crippen molar-refractivity contribution >= 4 is 10.8 Å².